The molecule has 0 aromatic heterocycles. The molecule has 0 aliphatic carbocycles. The molecule has 0 saturated heterocycles. The quantitative estimate of drug-likeness (QED) is 0.518. The van der Waals surface area contributed by atoms with Gasteiger partial charge in [-0.15, -0.1) is 0 Å². The summed E-state index contributed by atoms with van der Waals surface area (Å²) in [5.41, 5.74) is 0. The molecule has 1 N–H and O–H groups in total. The van der Waals surface area contributed by atoms with Gasteiger partial charge in [0.15, 0.2) is 0 Å². The molecular formula is C11H22O8S. The van der Waals surface area contributed by atoms with Crippen LogP contribution in [0, 0.1) is 11.8 Å². The first kappa shape index (κ1) is 21.1. The number of rotatable bonds is 6. The molecule has 0 amide bonds. The van der Waals surface area contributed by atoms with Gasteiger partial charge in [0.1, 0.15) is 0 Å². The molecule has 120 valence electrons. The van der Waals surface area contributed by atoms with Crippen molar-refractivity contribution in [1.29, 1.82) is 0 Å². The normalized spacial score (nSPS) is 13.5. The molecule has 0 radical (unpaired) electrons. The lowest BCUT2D eigenvalue weighted by molar-refractivity contribution is -0.146. The Balaban J connectivity index is 0. The molecule has 0 aromatic rings. The van der Waals surface area contributed by atoms with E-state index in [2.05, 4.69) is 13.7 Å². The van der Waals surface area contributed by atoms with E-state index >= 15 is 0 Å². The lowest BCUT2D eigenvalue weighted by atomic mass is 10.2. The lowest BCUT2D eigenvalue weighted by Gasteiger charge is -2.07. The Hall–Kier alpha value is -1.19. The third kappa shape index (κ3) is 11.9. The van der Waals surface area contributed by atoms with Gasteiger partial charge in [-0.25, -0.2) is 0 Å². The van der Waals surface area contributed by atoms with Crippen LogP contribution in [0.25, 0.3) is 0 Å². The third-order valence-electron chi connectivity index (χ3n) is 2.01. The van der Waals surface area contributed by atoms with E-state index in [1.807, 2.05) is 0 Å². The zero-order valence-electron chi connectivity index (χ0n) is 12.3. The number of carbonyl (C=O) groups excluding carboxylic acids is 2. The van der Waals surface area contributed by atoms with Crippen LogP contribution in [0.5, 0.6) is 0 Å². The molecule has 0 aliphatic heterocycles. The van der Waals surface area contributed by atoms with Crippen molar-refractivity contribution in [2.75, 3.05) is 33.7 Å². The molecule has 0 aliphatic rings. The highest BCUT2D eigenvalue weighted by Crippen LogP contribution is 2.00. The number of aliphatic hydroxyl groups excluding tert-OH is 1. The van der Waals surface area contributed by atoms with E-state index in [0.29, 0.717) is 0 Å². The van der Waals surface area contributed by atoms with E-state index in [1.165, 1.54) is 21.1 Å². The smallest absolute Gasteiger partial charge is 0.310 e. The van der Waals surface area contributed by atoms with E-state index in [4.69, 9.17) is 5.11 Å². The highest BCUT2D eigenvalue weighted by atomic mass is 32.2. The summed E-state index contributed by atoms with van der Waals surface area (Å²) in [6.07, 6.45) is 0.928. The number of hydrogen-bond acceptors (Lipinski definition) is 8. The molecule has 0 aromatic carbocycles. The van der Waals surface area contributed by atoms with Gasteiger partial charge in [0, 0.05) is 0 Å². The fraction of sp³-hybridized carbons (Fsp3) is 0.818. The fourth-order valence-corrected chi connectivity index (χ4v) is 1.22. The highest BCUT2D eigenvalue weighted by molar-refractivity contribution is 7.85. The molecule has 9 heteroatoms. The van der Waals surface area contributed by atoms with Crippen LogP contribution < -0.4 is 0 Å². The summed E-state index contributed by atoms with van der Waals surface area (Å²) in [5, 5.41) is 8.34. The number of ether oxygens (including phenoxy) is 2. The molecule has 0 fully saturated rings. The number of methoxy groups -OCH3 is 2. The van der Waals surface area contributed by atoms with E-state index in [9.17, 15) is 18.0 Å². The zero-order chi connectivity index (χ0) is 16.3. The van der Waals surface area contributed by atoms with Crippen molar-refractivity contribution in [2.45, 2.75) is 13.8 Å². The second-order valence-corrected chi connectivity index (χ2v) is 5.66. The molecule has 0 bridgehead atoms. The Morgan fingerprint density at radius 3 is 1.70 bits per heavy atom. The van der Waals surface area contributed by atoms with E-state index in [-0.39, 0.29) is 25.1 Å². The SMILES string of the molecule is COC(=O)[C@@H](C)CO.COC(=O)[C@@H](C)COS(C)(=O)=O. The first-order valence-electron chi connectivity index (χ1n) is 5.69. The maximum absolute atomic E-state index is 10.7. The van der Waals surface area contributed by atoms with Crippen LogP contribution in [0.1, 0.15) is 13.8 Å². The highest BCUT2D eigenvalue weighted by Gasteiger charge is 2.15. The summed E-state index contributed by atoms with van der Waals surface area (Å²) >= 11 is 0. The van der Waals surface area contributed by atoms with Crippen molar-refractivity contribution >= 4 is 22.1 Å². The minimum atomic E-state index is -3.47. The zero-order valence-corrected chi connectivity index (χ0v) is 13.1. The Bertz CT molecular complexity index is 389. The standard InChI is InChI=1S/C6H12O5S.C5H10O3/c1-5(6(7)10-2)4-11-12(3,8)9;1-4(3-6)5(7)8-2/h5H,4H2,1-3H3;4,6H,3H2,1-2H3/t5-;4-/m00/s1. The van der Waals surface area contributed by atoms with E-state index in [0.717, 1.165) is 6.26 Å². The average Bonchev–Trinajstić information content (AvgIpc) is 2.41. The van der Waals surface area contributed by atoms with Crippen LogP contribution in [0.4, 0.5) is 0 Å². The Labute approximate surface area is 119 Å². The average molecular weight is 314 g/mol. The molecular weight excluding hydrogens is 292 g/mol. The van der Waals surface area contributed by atoms with Gasteiger partial charge in [-0.2, -0.15) is 8.42 Å². The maximum atomic E-state index is 10.7. The summed E-state index contributed by atoms with van der Waals surface area (Å²) in [6.45, 7) is 2.81. The molecule has 20 heavy (non-hydrogen) atoms. The number of aliphatic hydroxyl groups is 1. The van der Waals surface area contributed by atoms with Crippen LogP contribution in [0.2, 0.25) is 0 Å². The second-order valence-electron chi connectivity index (χ2n) is 4.02. The van der Waals surface area contributed by atoms with Gasteiger partial charge in [0.05, 0.1) is 45.5 Å². The summed E-state index contributed by atoms with van der Waals surface area (Å²) in [7, 11) is -0.933. The minimum Gasteiger partial charge on any atom is -0.469 e. The number of esters is 2. The summed E-state index contributed by atoms with van der Waals surface area (Å²) in [6, 6.07) is 0. The summed E-state index contributed by atoms with van der Waals surface area (Å²) in [4.78, 5) is 21.1. The van der Waals surface area contributed by atoms with Gasteiger partial charge in [-0.3, -0.25) is 13.8 Å². The van der Waals surface area contributed by atoms with Crippen molar-refractivity contribution < 1.29 is 36.8 Å². The van der Waals surface area contributed by atoms with Crippen LogP contribution in [0.15, 0.2) is 0 Å². The Morgan fingerprint density at radius 1 is 1.05 bits per heavy atom. The van der Waals surface area contributed by atoms with E-state index in [1.54, 1.807) is 6.92 Å². The van der Waals surface area contributed by atoms with Gasteiger partial charge >= 0.3 is 11.9 Å². The van der Waals surface area contributed by atoms with Crippen LogP contribution in [0.3, 0.4) is 0 Å². The predicted octanol–water partition coefficient (Wildman–Crippen LogP) is -0.440. The number of carbonyl (C=O) groups is 2. The fourth-order valence-electron chi connectivity index (χ4n) is 0.771. The van der Waals surface area contributed by atoms with Gasteiger partial charge in [-0.1, -0.05) is 0 Å². The Kier molecular flexibility index (Phi) is 11.2. The predicted molar refractivity (Wildman–Crippen MR) is 70.2 cm³/mol. The lowest BCUT2D eigenvalue weighted by Crippen LogP contribution is -2.20. The molecule has 0 spiro atoms. The van der Waals surface area contributed by atoms with Crippen molar-refractivity contribution in [1.82, 2.24) is 0 Å². The topological polar surface area (TPSA) is 116 Å². The summed E-state index contributed by atoms with van der Waals surface area (Å²) < 4.78 is 34.0. The van der Waals surface area contributed by atoms with Crippen molar-refractivity contribution in [3.8, 4) is 0 Å². The molecule has 0 unspecified atom stereocenters. The first-order chi connectivity index (χ1) is 9.08. The Morgan fingerprint density at radius 2 is 1.45 bits per heavy atom. The molecule has 2 atom stereocenters. The second kappa shape index (κ2) is 10.6. The van der Waals surface area contributed by atoms with Crippen molar-refractivity contribution in [3.63, 3.8) is 0 Å². The first-order valence-corrected chi connectivity index (χ1v) is 7.51. The van der Waals surface area contributed by atoms with Gasteiger partial charge in [-0.05, 0) is 13.8 Å². The van der Waals surface area contributed by atoms with Crippen molar-refractivity contribution in [3.05, 3.63) is 0 Å². The molecule has 8 nitrogen and oxygen atoms in total. The van der Waals surface area contributed by atoms with Crippen LogP contribution in [-0.2, 0) is 33.4 Å². The minimum absolute atomic E-state index is 0.146. The van der Waals surface area contributed by atoms with Gasteiger partial charge in [0.2, 0.25) is 0 Å². The van der Waals surface area contributed by atoms with E-state index < -0.39 is 22.0 Å². The molecule has 0 rings (SSSR count). The van der Waals surface area contributed by atoms with Crippen LogP contribution >= 0.6 is 0 Å². The maximum Gasteiger partial charge on any atom is 0.310 e. The van der Waals surface area contributed by atoms with Gasteiger partial charge < -0.3 is 14.6 Å². The monoisotopic (exact) mass is 314 g/mol. The molecule has 0 heterocycles. The van der Waals surface area contributed by atoms with Crippen molar-refractivity contribution in [2.24, 2.45) is 11.8 Å². The largest absolute Gasteiger partial charge is 0.469 e. The summed E-state index contributed by atoms with van der Waals surface area (Å²) in [5.74, 6) is -1.81. The molecule has 0 saturated carbocycles. The van der Waals surface area contributed by atoms with Crippen LogP contribution in [-0.4, -0.2) is 59.2 Å². The van der Waals surface area contributed by atoms with Gasteiger partial charge in [0.25, 0.3) is 10.1 Å². The number of hydrogen-bond donors (Lipinski definition) is 1. The third-order valence-corrected chi connectivity index (χ3v) is 2.58.